The van der Waals surface area contributed by atoms with Crippen LogP contribution in [0, 0.1) is 10.1 Å². The number of nitro groups is 1. The molecule has 1 rings (SSSR count). The molecule has 0 amide bonds. The quantitative estimate of drug-likeness (QED) is 0.451. The highest BCUT2D eigenvalue weighted by molar-refractivity contribution is 6.31. The van der Waals surface area contributed by atoms with Crippen molar-refractivity contribution in [3.05, 3.63) is 39.3 Å². The Balaban J connectivity index is 3.17. The Hall–Kier alpha value is -1.62. The van der Waals surface area contributed by atoms with Crippen molar-refractivity contribution in [3.63, 3.8) is 0 Å². The summed E-state index contributed by atoms with van der Waals surface area (Å²) < 4.78 is 0. The second-order valence-corrected chi connectivity index (χ2v) is 3.43. The van der Waals surface area contributed by atoms with Gasteiger partial charge in [0.05, 0.1) is 10.5 Å². The molecule has 0 aliphatic heterocycles. The van der Waals surface area contributed by atoms with Gasteiger partial charge in [-0.15, -0.1) is 0 Å². The Kier molecular flexibility index (Phi) is 3.62. The van der Waals surface area contributed by atoms with E-state index in [9.17, 15) is 10.1 Å². The molecule has 1 heterocycles. The van der Waals surface area contributed by atoms with Gasteiger partial charge in [0.1, 0.15) is 0 Å². The lowest BCUT2D eigenvalue weighted by Crippen LogP contribution is -2.00. The summed E-state index contributed by atoms with van der Waals surface area (Å²) in [5, 5.41) is 10.6. The highest BCUT2D eigenvalue weighted by Crippen LogP contribution is 2.26. The van der Waals surface area contributed by atoms with Crippen LogP contribution in [0.15, 0.2) is 18.5 Å². The minimum absolute atomic E-state index is 0.0964. The molecule has 5 nitrogen and oxygen atoms in total. The van der Waals surface area contributed by atoms with Crippen LogP contribution in [0.4, 0.5) is 5.69 Å². The average molecular weight is 228 g/mol. The van der Waals surface area contributed by atoms with Crippen LogP contribution in [-0.4, -0.2) is 28.9 Å². The van der Waals surface area contributed by atoms with Crippen LogP contribution >= 0.6 is 11.6 Å². The van der Waals surface area contributed by atoms with Crippen molar-refractivity contribution in [1.82, 2.24) is 9.88 Å². The van der Waals surface area contributed by atoms with Crippen LogP contribution in [0.5, 0.6) is 0 Å². The van der Waals surface area contributed by atoms with Gasteiger partial charge in [-0.05, 0) is 18.3 Å². The van der Waals surface area contributed by atoms with Crippen LogP contribution in [-0.2, 0) is 0 Å². The third-order valence-electron chi connectivity index (χ3n) is 1.65. The van der Waals surface area contributed by atoms with E-state index in [1.54, 1.807) is 23.2 Å². The highest BCUT2D eigenvalue weighted by atomic mass is 35.5. The topological polar surface area (TPSA) is 59.3 Å². The lowest BCUT2D eigenvalue weighted by atomic mass is 10.2. The van der Waals surface area contributed by atoms with E-state index in [0.717, 1.165) is 0 Å². The molecule has 0 saturated carbocycles. The van der Waals surface area contributed by atoms with Crippen molar-refractivity contribution >= 4 is 23.4 Å². The van der Waals surface area contributed by atoms with Gasteiger partial charge in [-0.3, -0.25) is 10.1 Å². The third kappa shape index (κ3) is 2.92. The number of pyridine rings is 1. The molecule has 0 spiro atoms. The van der Waals surface area contributed by atoms with Crippen molar-refractivity contribution in [2.75, 3.05) is 14.1 Å². The van der Waals surface area contributed by atoms with Gasteiger partial charge in [-0.2, -0.15) is 0 Å². The van der Waals surface area contributed by atoms with E-state index in [0.29, 0.717) is 5.56 Å². The van der Waals surface area contributed by atoms with Crippen LogP contribution in [0.3, 0.4) is 0 Å². The van der Waals surface area contributed by atoms with Crippen LogP contribution in [0.25, 0.3) is 6.08 Å². The maximum atomic E-state index is 10.7. The molecule has 0 bridgehead atoms. The summed E-state index contributed by atoms with van der Waals surface area (Å²) in [6.07, 6.45) is 4.76. The number of rotatable bonds is 3. The van der Waals surface area contributed by atoms with Gasteiger partial charge in [-0.1, -0.05) is 11.6 Å². The molecule has 0 N–H and O–H groups in total. The van der Waals surface area contributed by atoms with Crippen LogP contribution in [0.2, 0.25) is 5.15 Å². The number of halogens is 1. The molecule has 0 unspecified atom stereocenters. The SMILES string of the molecule is CN(C)/C=C/c1ccnc(Cl)c1[N+](=O)[O-]. The first-order chi connectivity index (χ1) is 7.02. The molecular formula is C9H10ClN3O2. The van der Waals surface area contributed by atoms with E-state index in [4.69, 9.17) is 11.6 Å². The first-order valence-electron chi connectivity index (χ1n) is 4.16. The second-order valence-electron chi connectivity index (χ2n) is 3.08. The normalized spacial score (nSPS) is 10.6. The maximum Gasteiger partial charge on any atom is 0.313 e. The number of hydrogen-bond donors (Lipinski definition) is 0. The molecule has 0 aromatic carbocycles. The van der Waals surface area contributed by atoms with E-state index in [-0.39, 0.29) is 10.8 Å². The molecule has 0 radical (unpaired) electrons. The summed E-state index contributed by atoms with van der Waals surface area (Å²) in [6, 6.07) is 1.55. The average Bonchev–Trinajstić information content (AvgIpc) is 2.13. The Morgan fingerprint density at radius 3 is 2.80 bits per heavy atom. The fourth-order valence-electron chi connectivity index (χ4n) is 0.987. The predicted octanol–water partition coefficient (Wildman–Crippen LogP) is 2.18. The molecule has 0 atom stereocenters. The zero-order valence-electron chi connectivity index (χ0n) is 8.35. The minimum atomic E-state index is -0.537. The molecule has 6 heteroatoms. The van der Waals surface area contributed by atoms with E-state index in [2.05, 4.69) is 4.98 Å². The molecule has 0 aliphatic carbocycles. The summed E-state index contributed by atoms with van der Waals surface area (Å²) in [7, 11) is 3.65. The van der Waals surface area contributed by atoms with Crippen LogP contribution < -0.4 is 0 Å². The lowest BCUT2D eigenvalue weighted by molar-refractivity contribution is -0.385. The van der Waals surface area contributed by atoms with Crippen molar-refractivity contribution in [1.29, 1.82) is 0 Å². The van der Waals surface area contributed by atoms with Gasteiger partial charge in [-0.25, -0.2) is 4.98 Å². The number of nitrogens with zero attached hydrogens (tertiary/aromatic N) is 3. The molecule has 15 heavy (non-hydrogen) atoms. The van der Waals surface area contributed by atoms with Gasteiger partial charge >= 0.3 is 5.69 Å². The van der Waals surface area contributed by atoms with E-state index in [1.807, 2.05) is 14.1 Å². The fourth-order valence-corrected chi connectivity index (χ4v) is 1.22. The number of aromatic nitrogens is 1. The van der Waals surface area contributed by atoms with Crippen LogP contribution in [0.1, 0.15) is 5.56 Å². The molecule has 80 valence electrons. The Morgan fingerprint density at radius 2 is 2.27 bits per heavy atom. The van der Waals surface area contributed by atoms with Gasteiger partial charge in [0, 0.05) is 20.3 Å². The van der Waals surface area contributed by atoms with E-state index >= 15 is 0 Å². The molecule has 0 saturated heterocycles. The fraction of sp³-hybridized carbons (Fsp3) is 0.222. The van der Waals surface area contributed by atoms with Gasteiger partial charge in [0.25, 0.3) is 0 Å². The molecular weight excluding hydrogens is 218 g/mol. The summed E-state index contributed by atoms with van der Waals surface area (Å²) in [5.41, 5.74) is 0.269. The van der Waals surface area contributed by atoms with Crippen molar-refractivity contribution in [2.45, 2.75) is 0 Å². The van der Waals surface area contributed by atoms with Gasteiger partial charge in [0.15, 0.2) is 0 Å². The summed E-state index contributed by atoms with van der Waals surface area (Å²) in [6.45, 7) is 0. The van der Waals surface area contributed by atoms with Crippen molar-refractivity contribution < 1.29 is 4.92 Å². The Morgan fingerprint density at radius 1 is 1.60 bits per heavy atom. The summed E-state index contributed by atoms with van der Waals surface area (Å²) >= 11 is 5.64. The molecule has 1 aromatic rings. The summed E-state index contributed by atoms with van der Waals surface area (Å²) in [4.78, 5) is 15.6. The van der Waals surface area contributed by atoms with Crippen molar-refractivity contribution in [2.24, 2.45) is 0 Å². The second kappa shape index (κ2) is 4.75. The largest absolute Gasteiger partial charge is 0.383 e. The standard InChI is InChI=1S/C9H10ClN3O2/c1-12(2)6-4-7-3-5-11-9(10)8(7)13(14)15/h3-6H,1-2H3/b6-4+. The van der Waals surface area contributed by atoms with E-state index in [1.165, 1.54) is 6.20 Å². The first kappa shape index (κ1) is 11.5. The highest BCUT2D eigenvalue weighted by Gasteiger charge is 2.17. The zero-order valence-corrected chi connectivity index (χ0v) is 9.10. The molecule has 1 aromatic heterocycles. The third-order valence-corrected chi connectivity index (χ3v) is 1.92. The monoisotopic (exact) mass is 227 g/mol. The Bertz CT molecular complexity index is 404. The predicted molar refractivity (Wildman–Crippen MR) is 58.6 cm³/mol. The Labute approximate surface area is 92.1 Å². The number of hydrogen-bond acceptors (Lipinski definition) is 4. The van der Waals surface area contributed by atoms with Gasteiger partial charge in [0.2, 0.25) is 5.15 Å². The van der Waals surface area contributed by atoms with Crippen molar-refractivity contribution in [3.8, 4) is 0 Å². The molecule has 0 fully saturated rings. The van der Waals surface area contributed by atoms with E-state index < -0.39 is 4.92 Å². The lowest BCUT2D eigenvalue weighted by Gasteiger charge is -2.03. The minimum Gasteiger partial charge on any atom is -0.383 e. The first-order valence-corrected chi connectivity index (χ1v) is 4.53. The molecule has 0 aliphatic rings. The van der Waals surface area contributed by atoms with Gasteiger partial charge < -0.3 is 4.90 Å². The maximum absolute atomic E-state index is 10.7. The smallest absolute Gasteiger partial charge is 0.313 e. The zero-order chi connectivity index (χ0) is 11.4. The summed E-state index contributed by atoms with van der Waals surface area (Å²) in [5.74, 6) is 0.